The average Bonchev–Trinajstić information content (AvgIpc) is 3.24. The Kier molecular flexibility index (Phi) is 5.46. The molecule has 10 heteroatoms. The van der Waals surface area contributed by atoms with Crippen LogP contribution in [0.25, 0.3) is 16.6 Å². The second-order valence-corrected chi connectivity index (χ2v) is 9.25. The SMILES string of the molecule is Cc1cc(-c2ccn3nc(Nc4ccc(=O)n(C)n4)cc3c2)c(OC2CC3COCC(C2)N3)cn1. The van der Waals surface area contributed by atoms with Gasteiger partial charge < -0.3 is 20.1 Å². The summed E-state index contributed by atoms with van der Waals surface area (Å²) in [5, 5.41) is 15.6. The molecule has 35 heavy (non-hydrogen) atoms. The molecule has 2 atom stereocenters. The lowest BCUT2D eigenvalue weighted by Gasteiger charge is -2.40. The molecule has 0 radical (unpaired) electrons. The highest BCUT2D eigenvalue weighted by Gasteiger charge is 2.33. The number of anilines is 2. The molecule has 6 heterocycles. The van der Waals surface area contributed by atoms with Crippen LogP contribution in [0.3, 0.4) is 0 Å². The first kappa shape index (κ1) is 21.8. The molecule has 4 aromatic rings. The first-order chi connectivity index (χ1) is 17.0. The number of morpholine rings is 1. The maximum atomic E-state index is 11.6. The minimum Gasteiger partial charge on any atom is -0.488 e. The Balaban J connectivity index is 1.28. The minimum atomic E-state index is -0.165. The van der Waals surface area contributed by atoms with Gasteiger partial charge in [-0.1, -0.05) is 0 Å². The third-order valence-corrected chi connectivity index (χ3v) is 6.49. The van der Waals surface area contributed by atoms with Gasteiger partial charge in [0.25, 0.3) is 5.56 Å². The van der Waals surface area contributed by atoms with Crippen molar-refractivity contribution < 1.29 is 9.47 Å². The Morgan fingerprint density at radius 2 is 1.91 bits per heavy atom. The number of nitrogens with one attached hydrogen (secondary N) is 2. The molecular weight excluding hydrogens is 446 g/mol. The molecule has 0 amide bonds. The van der Waals surface area contributed by atoms with Gasteiger partial charge in [0.1, 0.15) is 11.9 Å². The van der Waals surface area contributed by atoms with Gasteiger partial charge in [0.2, 0.25) is 0 Å². The van der Waals surface area contributed by atoms with Crippen molar-refractivity contribution in [3.63, 3.8) is 0 Å². The predicted molar refractivity (Wildman–Crippen MR) is 131 cm³/mol. The van der Waals surface area contributed by atoms with Crippen LogP contribution >= 0.6 is 0 Å². The van der Waals surface area contributed by atoms with Gasteiger partial charge in [-0.3, -0.25) is 9.78 Å². The normalized spacial score (nSPS) is 21.7. The molecule has 10 nitrogen and oxygen atoms in total. The summed E-state index contributed by atoms with van der Waals surface area (Å²) in [5.41, 5.74) is 3.72. The van der Waals surface area contributed by atoms with Crippen molar-refractivity contribution in [1.82, 2.24) is 29.7 Å². The summed E-state index contributed by atoms with van der Waals surface area (Å²) in [6, 6.07) is 11.9. The van der Waals surface area contributed by atoms with Crippen LogP contribution in [0.5, 0.6) is 5.75 Å². The number of ether oxygens (including phenoxy) is 2. The topological polar surface area (TPSA) is 108 Å². The third-order valence-electron chi connectivity index (χ3n) is 6.49. The van der Waals surface area contributed by atoms with E-state index in [2.05, 4.69) is 37.9 Å². The molecule has 0 spiro atoms. The van der Waals surface area contributed by atoms with Crippen molar-refractivity contribution in [3.8, 4) is 16.9 Å². The van der Waals surface area contributed by atoms with Crippen molar-refractivity contribution in [1.29, 1.82) is 0 Å². The zero-order valence-corrected chi connectivity index (χ0v) is 19.6. The van der Waals surface area contributed by atoms with E-state index in [4.69, 9.17) is 9.47 Å². The van der Waals surface area contributed by atoms with Crippen LogP contribution in [0, 0.1) is 6.92 Å². The molecule has 0 aliphatic carbocycles. The molecule has 2 N–H and O–H groups in total. The second-order valence-electron chi connectivity index (χ2n) is 9.25. The van der Waals surface area contributed by atoms with Gasteiger partial charge in [-0.2, -0.15) is 10.2 Å². The van der Waals surface area contributed by atoms with Crippen LogP contribution in [0.15, 0.2) is 53.6 Å². The van der Waals surface area contributed by atoms with Crippen LogP contribution in [0.4, 0.5) is 11.6 Å². The average molecular weight is 474 g/mol. The van der Waals surface area contributed by atoms with E-state index in [1.165, 1.54) is 10.7 Å². The number of fused-ring (bicyclic) bond motifs is 3. The summed E-state index contributed by atoms with van der Waals surface area (Å²) >= 11 is 0. The van der Waals surface area contributed by atoms with E-state index >= 15 is 0 Å². The zero-order valence-electron chi connectivity index (χ0n) is 19.6. The summed E-state index contributed by atoms with van der Waals surface area (Å²) < 4.78 is 15.3. The fraction of sp³-hybridized carbons (Fsp3) is 0.360. The maximum absolute atomic E-state index is 11.6. The Labute approximate surface area is 201 Å². The lowest BCUT2D eigenvalue weighted by atomic mass is 9.94. The summed E-state index contributed by atoms with van der Waals surface area (Å²) in [5.74, 6) is 1.98. The lowest BCUT2D eigenvalue weighted by molar-refractivity contribution is -0.0122. The minimum absolute atomic E-state index is 0.127. The first-order valence-electron chi connectivity index (χ1n) is 11.8. The van der Waals surface area contributed by atoms with Gasteiger partial charge in [0.15, 0.2) is 11.6 Å². The fourth-order valence-corrected chi connectivity index (χ4v) is 4.85. The van der Waals surface area contributed by atoms with Crippen LogP contribution in [-0.4, -0.2) is 55.8 Å². The molecule has 0 aromatic carbocycles. The highest BCUT2D eigenvalue weighted by Crippen LogP contribution is 2.34. The smallest absolute Gasteiger partial charge is 0.266 e. The third kappa shape index (κ3) is 4.50. The summed E-state index contributed by atoms with van der Waals surface area (Å²) in [7, 11) is 1.61. The summed E-state index contributed by atoms with van der Waals surface area (Å²) in [6.07, 6.45) is 5.72. The number of piperidine rings is 1. The van der Waals surface area contributed by atoms with Gasteiger partial charge in [-0.25, -0.2) is 9.20 Å². The van der Waals surface area contributed by atoms with Crippen LogP contribution in [0.2, 0.25) is 0 Å². The maximum Gasteiger partial charge on any atom is 0.266 e. The Bertz CT molecular complexity index is 1430. The summed E-state index contributed by atoms with van der Waals surface area (Å²) in [4.78, 5) is 16.1. The van der Waals surface area contributed by atoms with E-state index in [-0.39, 0.29) is 11.7 Å². The van der Waals surface area contributed by atoms with Crippen molar-refractivity contribution >= 4 is 17.2 Å². The van der Waals surface area contributed by atoms with Gasteiger partial charge in [-0.15, -0.1) is 0 Å². The van der Waals surface area contributed by atoms with Crippen molar-refractivity contribution in [2.24, 2.45) is 7.05 Å². The second kappa shape index (κ2) is 8.79. The van der Waals surface area contributed by atoms with Gasteiger partial charge in [-0.05, 0) is 36.8 Å². The molecule has 0 saturated carbocycles. The molecule has 2 saturated heterocycles. The molecule has 2 fully saturated rings. The number of aromatic nitrogens is 5. The first-order valence-corrected chi connectivity index (χ1v) is 11.8. The standard InChI is InChI=1S/C25H27N7O3/c1-15-7-21(22(12-26-15)35-20-9-17-13-34-14-18(10-20)27-17)16-5-6-32-19(8-16)11-24(30-32)28-23-3-4-25(33)31(2)29-23/h3-8,11-12,17-18,20,27H,9-10,13-14H2,1-2H3,(H,28,29,30). The zero-order chi connectivity index (χ0) is 23.9. The largest absolute Gasteiger partial charge is 0.488 e. The van der Waals surface area contributed by atoms with E-state index in [1.807, 2.05) is 31.5 Å². The quantitative estimate of drug-likeness (QED) is 0.455. The molecule has 2 aliphatic rings. The van der Waals surface area contributed by atoms with Gasteiger partial charge >= 0.3 is 0 Å². The molecule has 180 valence electrons. The van der Waals surface area contributed by atoms with E-state index in [0.29, 0.717) is 23.7 Å². The molecular formula is C25H27N7O3. The van der Waals surface area contributed by atoms with Crippen molar-refractivity contribution in [3.05, 3.63) is 64.8 Å². The van der Waals surface area contributed by atoms with E-state index in [0.717, 1.165) is 54.1 Å². The Morgan fingerprint density at radius 1 is 1.09 bits per heavy atom. The van der Waals surface area contributed by atoms with Crippen LogP contribution < -0.4 is 20.9 Å². The lowest BCUT2D eigenvalue weighted by Crippen LogP contribution is -2.56. The van der Waals surface area contributed by atoms with E-state index < -0.39 is 0 Å². The summed E-state index contributed by atoms with van der Waals surface area (Å²) in [6.45, 7) is 3.45. The number of aryl methyl sites for hydroxylation is 2. The van der Waals surface area contributed by atoms with Crippen LogP contribution in [-0.2, 0) is 11.8 Å². The molecule has 2 aliphatic heterocycles. The van der Waals surface area contributed by atoms with E-state index in [1.54, 1.807) is 17.6 Å². The van der Waals surface area contributed by atoms with Crippen molar-refractivity contribution in [2.45, 2.75) is 38.0 Å². The van der Waals surface area contributed by atoms with E-state index in [9.17, 15) is 4.79 Å². The number of nitrogens with zero attached hydrogens (tertiary/aromatic N) is 5. The number of pyridine rings is 2. The Hall–Kier alpha value is -3.76. The number of rotatable bonds is 5. The fourth-order valence-electron chi connectivity index (χ4n) is 4.85. The van der Waals surface area contributed by atoms with Crippen molar-refractivity contribution in [2.75, 3.05) is 18.5 Å². The van der Waals surface area contributed by atoms with Crippen LogP contribution in [0.1, 0.15) is 18.5 Å². The highest BCUT2D eigenvalue weighted by molar-refractivity contribution is 5.75. The monoisotopic (exact) mass is 473 g/mol. The molecule has 6 rings (SSSR count). The van der Waals surface area contributed by atoms with Gasteiger partial charge in [0, 0.05) is 61.6 Å². The Morgan fingerprint density at radius 3 is 2.71 bits per heavy atom. The molecule has 2 unspecified atom stereocenters. The number of hydrogen-bond acceptors (Lipinski definition) is 8. The van der Waals surface area contributed by atoms with Gasteiger partial charge in [0.05, 0.1) is 24.9 Å². The highest BCUT2D eigenvalue weighted by atomic mass is 16.5. The predicted octanol–water partition coefficient (Wildman–Crippen LogP) is 2.44. The molecule has 2 bridgehead atoms. The number of hydrogen-bond donors (Lipinski definition) is 2. The molecule has 4 aromatic heterocycles.